The summed E-state index contributed by atoms with van der Waals surface area (Å²) in [6.45, 7) is 5.62. The van der Waals surface area contributed by atoms with E-state index in [0.29, 0.717) is 34.5 Å². The smallest absolute Gasteiger partial charge is 0.251 e. The number of hydrogen-bond acceptors (Lipinski definition) is 6. The molecule has 2 aromatic carbocycles. The van der Waals surface area contributed by atoms with E-state index in [4.69, 9.17) is 9.97 Å². The van der Waals surface area contributed by atoms with Gasteiger partial charge in [0.15, 0.2) is 22.8 Å². The molecule has 3 N–H and O–H groups in total. The van der Waals surface area contributed by atoms with Crippen molar-refractivity contribution in [2.24, 2.45) is 0 Å². The van der Waals surface area contributed by atoms with Crippen LogP contribution in [-0.2, 0) is 4.79 Å². The maximum Gasteiger partial charge on any atom is 0.251 e. The van der Waals surface area contributed by atoms with Crippen molar-refractivity contribution in [2.75, 3.05) is 10.6 Å². The minimum atomic E-state index is -0.122. The summed E-state index contributed by atoms with van der Waals surface area (Å²) >= 11 is 0. The number of carbonyl (C=O) groups excluding carboxylic acids is 2. The summed E-state index contributed by atoms with van der Waals surface area (Å²) in [4.78, 5) is 37.8. The van der Waals surface area contributed by atoms with E-state index >= 15 is 0 Å². The van der Waals surface area contributed by atoms with E-state index in [-0.39, 0.29) is 17.9 Å². The van der Waals surface area contributed by atoms with Crippen LogP contribution in [0, 0.1) is 0 Å². The molecule has 9 nitrogen and oxygen atoms in total. The summed E-state index contributed by atoms with van der Waals surface area (Å²) < 4.78 is 2.00. The van der Waals surface area contributed by atoms with Gasteiger partial charge < -0.3 is 20.5 Å². The van der Waals surface area contributed by atoms with Crippen LogP contribution in [0.25, 0.3) is 22.6 Å². The molecule has 1 saturated carbocycles. The number of aromatic nitrogens is 4. The Morgan fingerprint density at radius 1 is 0.971 bits per heavy atom. The fraction of sp³-hybridized carbons (Fsp3) is 0.269. The predicted molar refractivity (Wildman–Crippen MR) is 136 cm³/mol. The van der Waals surface area contributed by atoms with Gasteiger partial charge in [0.05, 0.1) is 6.33 Å². The van der Waals surface area contributed by atoms with Crippen LogP contribution in [0.15, 0.2) is 54.9 Å². The van der Waals surface area contributed by atoms with E-state index in [0.717, 1.165) is 29.7 Å². The average Bonchev–Trinajstić information content (AvgIpc) is 3.54. The summed E-state index contributed by atoms with van der Waals surface area (Å²) in [6, 6.07) is 15.2. The first-order valence-corrected chi connectivity index (χ1v) is 11.7. The molecular weight excluding hydrogens is 442 g/mol. The Hall–Kier alpha value is -4.27. The van der Waals surface area contributed by atoms with Crippen LogP contribution in [0.3, 0.4) is 0 Å². The van der Waals surface area contributed by atoms with Gasteiger partial charge in [0.2, 0.25) is 5.91 Å². The molecule has 2 heterocycles. The second-order valence-electron chi connectivity index (χ2n) is 9.02. The zero-order valence-corrected chi connectivity index (χ0v) is 19.9. The molecule has 0 atom stereocenters. The van der Waals surface area contributed by atoms with Gasteiger partial charge in [-0.1, -0.05) is 12.1 Å². The number of amides is 2. The van der Waals surface area contributed by atoms with Gasteiger partial charge in [-0.25, -0.2) is 15.0 Å². The maximum atomic E-state index is 12.4. The van der Waals surface area contributed by atoms with E-state index in [1.807, 2.05) is 41.0 Å². The Kier molecular flexibility index (Phi) is 5.90. The summed E-state index contributed by atoms with van der Waals surface area (Å²) in [5, 5.41) is 9.11. The standard InChI is InChI=1S/C26H27N7O2/c1-15(2)33-14-27-22-24(29-20-10-8-19(9-11-20)28-16(3)34)31-23(32-25(22)33)17-4-6-18(7-5-17)26(35)30-21-12-13-21/h4-11,14-15,21H,12-13H2,1-3H3,(H,28,34)(H,30,35)(H,29,31,32). The highest BCUT2D eigenvalue weighted by Crippen LogP contribution is 2.29. The van der Waals surface area contributed by atoms with Crippen molar-refractivity contribution in [3.05, 3.63) is 60.4 Å². The number of rotatable bonds is 7. The van der Waals surface area contributed by atoms with E-state index in [1.54, 1.807) is 18.5 Å². The monoisotopic (exact) mass is 469 g/mol. The van der Waals surface area contributed by atoms with Crippen molar-refractivity contribution in [1.82, 2.24) is 24.8 Å². The number of carbonyl (C=O) groups is 2. The van der Waals surface area contributed by atoms with Gasteiger partial charge in [-0.15, -0.1) is 0 Å². The summed E-state index contributed by atoms with van der Waals surface area (Å²) in [5.41, 5.74) is 4.32. The Bertz CT molecular complexity index is 1390. The number of fused-ring (bicyclic) bond motifs is 1. The third kappa shape index (κ3) is 4.98. The lowest BCUT2D eigenvalue weighted by Gasteiger charge is -2.12. The van der Waals surface area contributed by atoms with Crippen molar-refractivity contribution in [3.63, 3.8) is 0 Å². The van der Waals surface area contributed by atoms with Crippen molar-refractivity contribution in [1.29, 1.82) is 0 Å². The fourth-order valence-corrected chi connectivity index (χ4v) is 3.75. The first-order chi connectivity index (χ1) is 16.9. The molecule has 9 heteroatoms. The highest BCUT2D eigenvalue weighted by molar-refractivity contribution is 5.95. The molecule has 2 aromatic heterocycles. The van der Waals surface area contributed by atoms with Crippen molar-refractivity contribution in [3.8, 4) is 11.4 Å². The Balaban J connectivity index is 1.49. The number of hydrogen-bond donors (Lipinski definition) is 3. The number of nitrogens with one attached hydrogen (secondary N) is 3. The quantitative estimate of drug-likeness (QED) is 0.362. The van der Waals surface area contributed by atoms with Crippen LogP contribution in [0.1, 0.15) is 50.0 Å². The Labute approximate surface area is 203 Å². The van der Waals surface area contributed by atoms with E-state index in [2.05, 4.69) is 34.8 Å². The van der Waals surface area contributed by atoms with Crippen molar-refractivity contribution >= 4 is 40.2 Å². The highest BCUT2D eigenvalue weighted by atomic mass is 16.2. The first-order valence-electron chi connectivity index (χ1n) is 11.7. The minimum Gasteiger partial charge on any atom is -0.349 e. The lowest BCUT2D eigenvalue weighted by atomic mass is 10.1. The van der Waals surface area contributed by atoms with Crippen LogP contribution in [0.5, 0.6) is 0 Å². The molecule has 0 spiro atoms. The fourth-order valence-electron chi connectivity index (χ4n) is 3.75. The summed E-state index contributed by atoms with van der Waals surface area (Å²) in [7, 11) is 0. The molecule has 178 valence electrons. The largest absolute Gasteiger partial charge is 0.349 e. The molecule has 0 unspecified atom stereocenters. The summed E-state index contributed by atoms with van der Waals surface area (Å²) in [6.07, 6.45) is 3.87. The minimum absolute atomic E-state index is 0.0571. The highest BCUT2D eigenvalue weighted by Gasteiger charge is 2.24. The van der Waals surface area contributed by atoms with E-state index in [9.17, 15) is 9.59 Å². The lowest BCUT2D eigenvalue weighted by molar-refractivity contribution is -0.114. The Morgan fingerprint density at radius 3 is 2.29 bits per heavy atom. The second-order valence-corrected chi connectivity index (χ2v) is 9.02. The molecule has 5 rings (SSSR count). The third-order valence-corrected chi connectivity index (χ3v) is 5.76. The Morgan fingerprint density at radius 2 is 1.66 bits per heavy atom. The molecule has 0 aliphatic heterocycles. The van der Waals surface area contributed by atoms with Crippen LogP contribution in [0.2, 0.25) is 0 Å². The van der Waals surface area contributed by atoms with Crippen LogP contribution in [-0.4, -0.2) is 37.4 Å². The lowest BCUT2D eigenvalue weighted by Crippen LogP contribution is -2.25. The number of imidazole rings is 1. The zero-order valence-electron chi connectivity index (χ0n) is 19.9. The van der Waals surface area contributed by atoms with E-state index in [1.165, 1.54) is 6.92 Å². The SMILES string of the molecule is CC(=O)Nc1ccc(Nc2nc(-c3ccc(C(=O)NC4CC4)cc3)nc3c2ncn3C(C)C)cc1. The van der Waals surface area contributed by atoms with Crippen molar-refractivity contribution < 1.29 is 9.59 Å². The molecule has 1 aliphatic carbocycles. The van der Waals surface area contributed by atoms with Crippen molar-refractivity contribution in [2.45, 2.75) is 45.7 Å². The first kappa shape index (κ1) is 22.5. The predicted octanol–water partition coefficient (Wildman–Crippen LogP) is 4.67. The molecule has 2 amide bonds. The molecule has 1 fully saturated rings. The number of nitrogens with zero attached hydrogens (tertiary/aromatic N) is 4. The molecule has 1 aliphatic rings. The number of benzene rings is 2. The molecule has 0 radical (unpaired) electrons. The molecule has 0 bridgehead atoms. The average molecular weight is 470 g/mol. The van der Waals surface area contributed by atoms with Gasteiger partial charge in [0.25, 0.3) is 5.91 Å². The van der Waals surface area contributed by atoms with Gasteiger partial charge in [0.1, 0.15) is 0 Å². The van der Waals surface area contributed by atoms with Crippen LogP contribution in [0.4, 0.5) is 17.2 Å². The van der Waals surface area contributed by atoms with Gasteiger partial charge >= 0.3 is 0 Å². The number of anilines is 3. The van der Waals surface area contributed by atoms with Gasteiger partial charge in [-0.05, 0) is 63.1 Å². The molecule has 0 saturated heterocycles. The molecular formula is C26H27N7O2. The molecule has 4 aromatic rings. The topological polar surface area (TPSA) is 114 Å². The maximum absolute atomic E-state index is 12.4. The van der Waals surface area contributed by atoms with Gasteiger partial charge in [-0.2, -0.15) is 0 Å². The van der Waals surface area contributed by atoms with Crippen LogP contribution >= 0.6 is 0 Å². The van der Waals surface area contributed by atoms with E-state index < -0.39 is 0 Å². The van der Waals surface area contributed by atoms with Gasteiger partial charge in [0, 0.05) is 41.5 Å². The summed E-state index contributed by atoms with van der Waals surface area (Å²) in [5.74, 6) is 0.931. The molecule has 35 heavy (non-hydrogen) atoms. The second kappa shape index (κ2) is 9.17. The normalized spacial score (nSPS) is 13.1. The van der Waals surface area contributed by atoms with Gasteiger partial charge in [-0.3, -0.25) is 9.59 Å². The van der Waals surface area contributed by atoms with Crippen LogP contribution < -0.4 is 16.0 Å². The zero-order chi connectivity index (χ0) is 24.5. The third-order valence-electron chi connectivity index (χ3n) is 5.76.